The van der Waals surface area contributed by atoms with Gasteiger partial charge in [-0.3, -0.25) is 9.78 Å². The Bertz CT molecular complexity index is 823. The smallest absolute Gasteiger partial charge is 0.254 e. The molecule has 0 radical (unpaired) electrons. The minimum atomic E-state index is -0.0872. The molecule has 3 aromatic rings. The first-order valence-electron chi connectivity index (χ1n) is 7.99. The molecule has 0 N–H and O–H groups in total. The first-order chi connectivity index (χ1) is 12.2. The van der Waals surface area contributed by atoms with E-state index in [1.807, 2.05) is 42.5 Å². The molecule has 0 atom stereocenters. The highest BCUT2D eigenvalue weighted by Gasteiger charge is 2.13. The van der Waals surface area contributed by atoms with Crippen LogP contribution in [0.1, 0.15) is 21.5 Å². The zero-order valence-corrected chi connectivity index (χ0v) is 14.0. The molecule has 2 heterocycles. The summed E-state index contributed by atoms with van der Waals surface area (Å²) in [7, 11) is 1.76. The van der Waals surface area contributed by atoms with E-state index in [1.165, 1.54) is 0 Å². The second-order valence-corrected chi connectivity index (χ2v) is 5.68. The lowest BCUT2D eigenvalue weighted by molar-refractivity contribution is 0.0784. The van der Waals surface area contributed by atoms with E-state index < -0.39 is 0 Å². The van der Waals surface area contributed by atoms with Crippen molar-refractivity contribution in [3.05, 3.63) is 89.9 Å². The van der Waals surface area contributed by atoms with Crippen LogP contribution in [0.2, 0.25) is 0 Å². The van der Waals surface area contributed by atoms with Gasteiger partial charge in [-0.15, -0.1) is 0 Å². The standard InChI is InChI=1S/C20H19N3O2/c1-23(14-17-8-5-10-21-13-17)20(24)18-9-11-22-19(12-18)25-15-16-6-3-2-4-7-16/h2-13H,14-15H2,1H3. The van der Waals surface area contributed by atoms with Gasteiger partial charge < -0.3 is 9.64 Å². The Hall–Kier alpha value is -3.21. The summed E-state index contributed by atoms with van der Waals surface area (Å²) in [6.45, 7) is 0.909. The van der Waals surface area contributed by atoms with Crippen LogP contribution < -0.4 is 4.74 Å². The molecule has 0 spiro atoms. The monoisotopic (exact) mass is 333 g/mol. The van der Waals surface area contributed by atoms with Gasteiger partial charge in [0.25, 0.3) is 5.91 Å². The van der Waals surface area contributed by atoms with E-state index in [9.17, 15) is 4.79 Å². The van der Waals surface area contributed by atoms with Crippen molar-refractivity contribution in [2.24, 2.45) is 0 Å². The van der Waals surface area contributed by atoms with Gasteiger partial charge in [0.1, 0.15) is 6.61 Å². The summed E-state index contributed by atoms with van der Waals surface area (Å²) in [5.41, 5.74) is 2.58. The maximum absolute atomic E-state index is 12.6. The van der Waals surface area contributed by atoms with Crippen molar-refractivity contribution in [1.82, 2.24) is 14.9 Å². The molecule has 0 aliphatic heterocycles. The van der Waals surface area contributed by atoms with Gasteiger partial charge in [0.2, 0.25) is 5.88 Å². The lowest BCUT2D eigenvalue weighted by atomic mass is 10.2. The molecule has 126 valence electrons. The number of ether oxygens (including phenoxy) is 1. The average Bonchev–Trinajstić information content (AvgIpc) is 2.67. The summed E-state index contributed by atoms with van der Waals surface area (Å²) in [5, 5.41) is 0. The summed E-state index contributed by atoms with van der Waals surface area (Å²) in [6.07, 6.45) is 5.06. The van der Waals surface area contributed by atoms with Crippen LogP contribution in [0.4, 0.5) is 0 Å². The summed E-state index contributed by atoms with van der Waals surface area (Å²) in [5.74, 6) is 0.347. The third-order valence-corrected chi connectivity index (χ3v) is 3.70. The maximum Gasteiger partial charge on any atom is 0.254 e. The fourth-order valence-corrected chi connectivity index (χ4v) is 2.41. The Morgan fingerprint density at radius 2 is 1.84 bits per heavy atom. The summed E-state index contributed by atoms with van der Waals surface area (Å²) >= 11 is 0. The maximum atomic E-state index is 12.6. The number of nitrogens with zero attached hydrogens (tertiary/aromatic N) is 3. The van der Waals surface area contributed by atoms with Crippen LogP contribution in [-0.2, 0) is 13.2 Å². The van der Waals surface area contributed by atoms with Crippen molar-refractivity contribution in [3.8, 4) is 5.88 Å². The van der Waals surface area contributed by atoms with E-state index in [0.717, 1.165) is 11.1 Å². The van der Waals surface area contributed by atoms with Crippen LogP contribution in [0.25, 0.3) is 0 Å². The third-order valence-electron chi connectivity index (χ3n) is 3.70. The topological polar surface area (TPSA) is 55.3 Å². The normalized spacial score (nSPS) is 10.3. The highest BCUT2D eigenvalue weighted by molar-refractivity contribution is 5.94. The van der Waals surface area contributed by atoms with Crippen molar-refractivity contribution in [3.63, 3.8) is 0 Å². The molecule has 5 heteroatoms. The summed E-state index contributed by atoms with van der Waals surface area (Å²) in [4.78, 5) is 22.5. The molecular formula is C20H19N3O2. The van der Waals surface area contributed by atoms with Crippen molar-refractivity contribution >= 4 is 5.91 Å². The molecule has 1 amide bonds. The van der Waals surface area contributed by atoms with Crippen LogP contribution in [0.3, 0.4) is 0 Å². The number of carbonyl (C=O) groups is 1. The Morgan fingerprint density at radius 1 is 1.04 bits per heavy atom. The third kappa shape index (κ3) is 4.64. The van der Waals surface area contributed by atoms with Crippen LogP contribution >= 0.6 is 0 Å². The van der Waals surface area contributed by atoms with Gasteiger partial charge in [0, 0.05) is 43.8 Å². The largest absolute Gasteiger partial charge is 0.473 e. The van der Waals surface area contributed by atoms with Crippen molar-refractivity contribution in [2.45, 2.75) is 13.2 Å². The summed E-state index contributed by atoms with van der Waals surface area (Å²) in [6, 6.07) is 17.0. The SMILES string of the molecule is CN(Cc1cccnc1)C(=O)c1ccnc(OCc2ccccc2)c1. The summed E-state index contributed by atoms with van der Waals surface area (Å²) < 4.78 is 5.69. The predicted octanol–water partition coefficient (Wildman–Crippen LogP) is 3.33. The van der Waals surface area contributed by atoms with Crippen LogP contribution in [0.15, 0.2) is 73.2 Å². The number of benzene rings is 1. The highest BCUT2D eigenvalue weighted by atomic mass is 16.5. The van der Waals surface area contributed by atoms with E-state index in [1.54, 1.807) is 42.7 Å². The van der Waals surface area contributed by atoms with E-state index >= 15 is 0 Å². The second kappa shape index (κ2) is 8.06. The molecule has 0 unspecified atom stereocenters. The minimum Gasteiger partial charge on any atom is -0.473 e. The molecule has 25 heavy (non-hydrogen) atoms. The van der Waals surface area contributed by atoms with Gasteiger partial charge in [-0.1, -0.05) is 36.4 Å². The molecule has 5 nitrogen and oxygen atoms in total. The Kier molecular flexibility index (Phi) is 5.36. The number of rotatable bonds is 6. The second-order valence-electron chi connectivity index (χ2n) is 5.68. The minimum absolute atomic E-state index is 0.0872. The van der Waals surface area contributed by atoms with Crippen molar-refractivity contribution in [2.75, 3.05) is 7.05 Å². The quantitative estimate of drug-likeness (QED) is 0.694. The molecule has 0 aliphatic rings. The number of hydrogen-bond donors (Lipinski definition) is 0. The van der Waals surface area contributed by atoms with Gasteiger partial charge in [-0.05, 0) is 23.3 Å². The van der Waals surface area contributed by atoms with Crippen LogP contribution in [0.5, 0.6) is 5.88 Å². The molecule has 0 fully saturated rings. The van der Waals surface area contributed by atoms with Gasteiger partial charge in [-0.2, -0.15) is 0 Å². The molecule has 0 aliphatic carbocycles. The Labute approximate surface area is 146 Å². The zero-order valence-electron chi connectivity index (χ0n) is 14.0. The number of carbonyl (C=O) groups excluding carboxylic acids is 1. The fourth-order valence-electron chi connectivity index (χ4n) is 2.41. The average molecular weight is 333 g/mol. The lowest BCUT2D eigenvalue weighted by Gasteiger charge is -2.17. The van der Waals surface area contributed by atoms with E-state index in [2.05, 4.69) is 9.97 Å². The highest BCUT2D eigenvalue weighted by Crippen LogP contribution is 2.14. The first kappa shape index (κ1) is 16.6. The van der Waals surface area contributed by atoms with E-state index in [0.29, 0.717) is 24.6 Å². The number of amides is 1. The first-order valence-corrected chi connectivity index (χ1v) is 7.99. The molecule has 0 saturated heterocycles. The number of pyridine rings is 2. The zero-order chi connectivity index (χ0) is 17.5. The number of aromatic nitrogens is 2. The fraction of sp³-hybridized carbons (Fsp3) is 0.150. The Morgan fingerprint density at radius 3 is 2.60 bits per heavy atom. The van der Waals surface area contributed by atoms with Gasteiger partial charge >= 0.3 is 0 Å². The molecule has 0 saturated carbocycles. The number of hydrogen-bond acceptors (Lipinski definition) is 4. The van der Waals surface area contributed by atoms with Gasteiger partial charge in [0.15, 0.2) is 0 Å². The van der Waals surface area contributed by atoms with Crippen LogP contribution in [-0.4, -0.2) is 27.8 Å². The van der Waals surface area contributed by atoms with Crippen molar-refractivity contribution < 1.29 is 9.53 Å². The van der Waals surface area contributed by atoms with E-state index in [-0.39, 0.29) is 5.91 Å². The molecule has 0 bridgehead atoms. The molecule has 3 rings (SSSR count). The Balaban J connectivity index is 1.64. The molecule has 1 aromatic carbocycles. The van der Waals surface area contributed by atoms with Gasteiger partial charge in [-0.25, -0.2) is 4.98 Å². The predicted molar refractivity (Wildman–Crippen MR) is 95.0 cm³/mol. The van der Waals surface area contributed by atoms with Crippen LogP contribution in [0, 0.1) is 0 Å². The molecular weight excluding hydrogens is 314 g/mol. The van der Waals surface area contributed by atoms with Gasteiger partial charge in [0.05, 0.1) is 0 Å². The molecule has 2 aromatic heterocycles. The van der Waals surface area contributed by atoms with Crippen molar-refractivity contribution in [1.29, 1.82) is 0 Å². The van der Waals surface area contributed by atoms with E-state index in [4.69, 9.17) is 4.74 Å². The lowest BCUT2D eigenvalue weighted by Crippen LogP contribution is -2.26.